The summed E-state index contributed by atoms with van der Waals surface area (Å²) in [5.41, 5.74) is 2.47. The number of rotatable bonds is 3. The van der Waals surface area contributed by atoms with Gasteiger partial charge in [0.15, 0.2) is 0 Å². The molecule has 0 radical (unpaired) electrons. The van der Waals surface area contributed by atoms with Crippen molar-refractivity contribution in [1.82, 2.24) is 5.32 Å². The zero-order valence-corrected chi connectivity index (χ0v) is 8.72. The van der Waals surface area contributed by atoms with Gasteiger partial charge in [-0.3, -0.25) is 0 Å². The highest BCUT2D eigenvalue weighted by Gasteiger charge is 2.08. The third kappa shape index (κ3) is 2.22. The molecule has 0 amide bonds. The minimum absolute atomic E-state index is 0.329. The van der Waals surface area contributed by atoms with Gasteiger partial charge in [-0.05, 0) is 27.0 Å². The van der Waals surface area contributed by atoms with Gasteiger partial charge in [-0.2, -0.15) is 0 Å². The van der Waals surface area contributed by atoms with Gasteiger partial charge in [-0.25, -0.2) is 0 Å². The van der Waals surface area contributed by atoms with Crippen LogP contribution in [0.15, 0.2) is 18.2 Å². The molecule has 0 aliphatic heterocycles. The van der Waals surface area contributed by atoms with Gasteiger partial charge in [-0.1, -0.05) is 17.7 Å². The molecule has 1 atom stereocenters. The van der Waals surface area contributed by atoms with Gasteiger partial charge >= 0.3 is 0 Å². The first-order valence-corrected chi connectivity index (χ1v) is 4.51. The predicted octanol–water partition coefficient (Wildman–Crippen LogP) is 2.28. The molecule has 0 spiro atoms. The van der Waals surface area contributed by atoms with Crippen molar-refractivity contribution in [3.8, 4) is 5.75 Å². The first-order valence-electron chi connectivity index (χ1n) is 4.51. The van der Waals surface area contributed by atoms with E-state index in [1.807, 2.05) is 13.1 Å². The Morgan fingerprint density at radius 2 is 2.08 bits per heavy atom. The molecule has 1 unspecified atom stereocenters. The van der Waals surface area contributed by atoms with Crippen LogP contribution in [-0.4, -0.2) is 14.2 Å². The monoisotopic (exact) mass is 179 g/mol. The van der Waals surface area contributed by atoms with Crippen molar-refractivity contribution in [2.45, 2.75) is 19.9 Å². The second-order valence-corrected chi connectivity index (χ2v) is 3.26. The van der Waals surface area contributed by atoms with Crippen LogP contribution < -0.4 is 10.1 Å². The Hall–Kier alpha value is -1.02. The first-order chi connectivity index (χ1) is 6.19. The Labute approximate surface area is 79.9 Å². The number of ether oxygens (including phenoxy) is 1. The summed E-state index contributed by atoms with van der Waals surface area (Å²) >= 11 is 0. The van der Waals surface area contributed by atoms with E-state index in [9.17, 15) is 0 Å². The highest BCUT2D eigenvalue weighted by molar-refractivity contribution is 5.38. The molecule has 2 nitrogen and oxygen atoms in total. The highest BCUT2D eigenvalue weighted by Crippen LogP contribution is 2.25. The lowest BCUT2D eigenvalue weighted by Crippen LogP contribution is -2.13. The fourth-order valence-corrected chi connectivity index (χ4v) is 1.35. The molecule has 0 aliphatic carbocycles. The third-order valence-electron chi connectivity index (χ3n) is 2.28. The summed E-state index contributed by atoms with van der Waals surface area (Å²) in [6.45, 7) is 4.21. The molecule has 72 valence electrons. The van der Waals surface area contributed by atoms with Crippen molar-refractivity contribution in [3.05, 3.63) is 29.3 Å². The molecular formula is C11H17NO. The van der Waals surface area contributed by atoms with E-state index < -0.39 is 0 Å². The molecule has 0 fully saturated rings. The number of hydrogen-bond donors (Lipinski definition) is 1. The van der Waals surface area contributed by atoms with Crippen LogP contribution in [-0.2, 0) is 0 Å². The Balaban J connectivity index is 3.07. The van der Waals surface area contributed by atoms with E-state index in [2.05, 4.69) is 31.3 Å². The van der Waals surface area contributed by atoms with E-state index in [0.29, 0.717) is 6.04 Å². The topological polar surface area (TPSA) is 21.3 Å². The Kier molecular flexibility index (Phi) is 3.32. The zero-order valence-electron chi connectivity index (χ0n) is 8.72. The van der Waals surface area contributed by atoms with E-state index >= 15 is 0 Å². The van der Waals surface area contributed by atoms with E-state index in [1.54, 1.807) is 7.11 Å². The molecule has 1 rings (SSSR count). The lowest BCUT2D eigenvalue weighted by molar-refractivity contribution is 0.403. The molecule has 1 N–H and O–H groups in total. The molecular weight excluding hydrogens is 162 g/mol. The summed E-state index contributed by atoms with van der Waals surface area (Å²) in [5.74, 6) is 0.951. The molecule has 0 saturated carbocycles. The Bertz CT molecular complexity index is 283. The lowest BCUT2D eigenvalue weighted by atomic mass is 10.0. The van der Waals surface area contributed by atoms with Gasteiger partial charge in [0.25, 0.3) is 0 Å². The van der Waals surface area contributed by atoms with E-state index in [-0.39, 0.29) is 0 Å². The van der Waals surface area contributed by atoms with Crippen LogP contribution in [0.5, 0.6) is 5.75 Å². The minimum Gasteiger partial charge on any atom is -0.496 e. The van der Waals surface area contributed by atoms with Crippen LogP contribution in [0.4, 0.5) is 0 Å². The Morgan fingerprint density at radius 1 is 1.38 bits per heavy atom. The molecule has 0 bridgehead atoms. The molecule has 13 heavy (non-hydrogen) atoms. The molecule has 1 aromatic rings. The number of methoxy groups -OCH3 is 1. The first kappa shape index (κ1) is 10.1. The average Bonchev–Trinajstić information content (AvgIpc) is 2.16. The summed E-state index contributed by atoms with van der Waals surface area (Å²) < 4.78 is 5.28. The second kappa shape index (κ2) is 4.28. The summed E-state index contributed by atoms with van der Waals surface area (Å²) in [4.78, 5) is 0. The summed E-state index contributed by atoms with van der Waals surface area (Å²) in [6.07, 6.45) is 0. The maximum Gasteiger partial charge on any atom is 0.123 e. The van der Waals surface area contributed by atoms with Crippen LogP contribution in [0.3, 0.4) is 0 Å². The van der Waals surface area contributed by atoms with Crippen LogP contribution in [0, 0.1) is 6.92 Å². The number of aryl methyl sites for hydroxylation is 1. The average molecular weight is 179 g/mol. The van der Waals surface area contributed by atoms with Crippen molar-refractivity contribution in [2.24, 2.45) is 0 Å². The molecule has 0 aromatic heterocycles. The zero-order chi connectivity index (χ0) is 9.84. The maximum absolute atomic E-state index is 5.28. The highest BCUT2D eigenvalue weighted by atomic mass is 16.5. The van der Waals surface area contributed by atoms with Gasteiger partial charge in [0.2, 0.25) is 0 Å². The molecule has 0 saturated heterocycles. The lowest BCUT2D eigenvalue weighted by Gasteiger charge is -2.15. The molecule has 0 heterocycles. The summed E-state index contributed by atoms with van der Waals surface area (Å²) in [6, 6.07) is 6.55. The standard InChI is InChI=1S/C11H17NO/c1-8-5-6-11(13-4)10(7-8)9(2)12-3/h5-7,9,12H,1-4H3. The predicted molar refractivity (Wildman–Crippen MR) is 55.2 cm³/mol. The number of benzene rings is 1. The smallest absolute Gasteiger partial charge is 0.123 e. The fourth-order valence-electron chi connectivity index (χ4n) is 1.35. The van der Waals surface area contributed by atoms with Crippen LogP contribution in [0.25, 0.3) is 0 Å². The second-order valence-electron chi connectivity index (χ2n) is 3.26. The van der Waals surface area contributed by atoms with Gasteiger partial charge in [-0.15, -0.1) is 0 Å². The largest absolute Gasteiger partial charge is 0.496 e. The van der Waals surface area contributed by atoms with E-state index in [0.717, 1.165) is 5.75 Å². The minimum atomic E-state index is 0.329. The quantitative estimate of drug-likeness (QED) is 0.768. The van der Waals surface area contributed by atoms with Gasteiger partial charge in [0.1, 0.15) is 5.75 Å². The Morgan fingerprint density at radius 3 is 2.62 bits per heavy atom. The van der Waals surface area contributed by atoms with Gasteiger partial charge in [0, 0.05) is 11.6 Å². The molecule has 0 aliphatic rings. The molecule has 2 heteroatoms. The number of nitrogens with one attached hydrogen (secondary N) is 1. The van der Waals surface area contributed by atoms with Crippen molar-refractivity contribution in [3.63, 3.8) is 0 Å². The van der Waals surface area contributed by atoms with E-state index in [1.165, 1.54) is 11.1 Å². The number of hydrogen-bond acceptors (Lipinski definition) is 2. The summed E-state index contributed by atoms with van der Waals surface area (Å²) in [5, 5.41) is 3.20. The van der Waals surface area contributed by atoms with Crippen LogP contribution in [0.2, 0.25) is 0 Å². The maximum atomic E-state index is 5.28. The van der Waals surface area contributed by atoms with Crippen molar-refractivity contribution in [2.75, 3.05) is 14.2 Å². The van der Waals surface area contributed by atoms with Crippen LogP contribution in [0.1, 0.15) is 24.1 Å². The van der Waals surface area contributed by atoms with Crippen molar-refractivity contribution in [1.29, 1.82) is 0 Å². The molecule has 1 aromatic carbocycles. The van der Waals surface area contributed by atoms with Crippen molar-refractivity contribution < 1.29 is 4.74 Å². The normalized spacial score (nSPS) is 12.6. The SMILES string of the molecule is CNC(C)c1cc(C)ccc1OC. The fraction of sp³-hybridized carbons (Fsp3) is 0.455. The van der Waals surface area contributed by atoms with Gasteiger partial charge in [0.05, 0.1) is 7.11 Å². The van der Waals surface area contributed by atoms with Crippen LogP contribution >= 0.6 is 0 Å². The summed E-state index contributed by atoms with van der Waals surface area (Å²) in [7, 11) is 3.66. The van der Waals surface area contributed by atoms with Crippen molar-refractivity contribution >= 4 is 0 Å². The third-order valence-corrected chi connectivity index (χ3v) is 2.28. The van der Waals surface area contributed by atoms with E-state index in [4.69, 9.17) is 4.74 Å². The van der Waals surface area contributed by atoms with Gasteiger partial charge < -0.3 is 10.1 Å².